The van der Waals surface area contributed by atoms with Crippen molar-refractivity contribution in [2.45, 2.75) is 38.3 Å². The van der Waals surface area contributed by atoms with Gasteiger partial charge in [0.05, 0.1) is 18.4 Å². The van der Waals surface area contributed by atoms with E-state index in [4.69, 9.17) is 5.26 Å². The Morgan fingerprint density at radius 3 is 2.33 bits per heavy atom. The molecule has 0 atom stereocenters. The highest BCUT2D eigenvalue weighted by Crippen LogP contribution is 2.39. The van der Waals surface area contributed by atoms with E-state index in [2.05, 4.69) is 0 Å². The average Bonchev–Trinajstić information content (AvgIpc) is 2.34. The maximum absolute atomic E-state index is 12.5. The first kappa shape index (κ1) is 14.8. The topological polar surface area (TPSA) is 44.1 Å². The van der Waals surface area contributed by atoms with Crippen LogP contribution >= 0.6 is 0 Å². The summed E-state index contributed by atoms with van der Waals surface area (Å²) in [5, 5.41) is 8.42. The Kier molecular flexibility index (Phi) is 5.00. The molecule has 102 valence electrons. The smallest absolute Gasteiger partial charge is 0.344 e. The Bertz CT molecular complexity index is 327. The monoisotopic (exact) mass is 262 g/mol. The number of carbonyl (C=O) groups excluding carboxylic acids is 1. The fourth-order valence-electron chi connectivity index (χ4n) is 2.31. The third-order valence-electron chi connectivity index (χ3n) is 3.47. The minimum absolute atomic E-state index is 0.0337. The molecule has 1 saturated carbocycles. The first-order valence-electron chi connectivity index (χ1n) is 6.05. The molecule has 1 fully saturated rings. The normalized spacial score (nSPS) is 24.4. The molecule has 18 heavy (non-hydrogen) atoms. The van der Waals surface area contributed by atoms with E-state index in [1.165, 1.54) is 4.90 Å². The molecule has 1 aliphatic rings. The number of hydrogen-bond donors (Lipinski definition) is 0. The second-order valence-corrected chi connectivity index (χ2v) is 4.76. The number of nitrogens with zero attached hydrogens (tertiary/aromatic N) is 2. The number of carbonyl (C=O) groups is 1. The number of hydrogen-bond acceptors (Lipinski definition) is 2. The zero-order valence-electron chi connectivity index (χ0n) is 10.3. The lowest BCUT2D eigenvalue weighted by Gasteiger charge is -2.31. The van der Waals surface area contributed by atoms with Crippen molar-refractivity contribution in [3.8, 4) is 6.07 Å². The SMILES string of the molecule is CN(CCC#N)C(=O)C1CCC(C(F)(F)F)CC1. The number of alkyl halides is 3. The van der Waals surface area contributed by atoms with E-state index in [1.54, 1.807) is 7.05 Å². The first-order valence-corrected chi connectivity index (χ1v) is 6.05. The van der Waals surface area contributed by atoms with Gasteiger partial charge in [-0.2, -0.15) is 18.4 Å². The fraction of sp³-hybridized carbons (Fsp3) is 0.833. The van der Waals surface area contributed by atoms with Gasteiger partial charge in [0.25, 0.3) is 0 Å². The molecule has 3 nitrogen and oxygen atoms in total. The summed E-state index contributed by atoms with van der Waals surface area (Å²) in [6.07, 6.45) is -3.24. The predicted molar refractivity (Wildman–Crippen MR) is 59.4 cm³/mol. The summed E-state index contributed by atoms with van der Waals surface area (Å²) in [6, 6.07) is 1.94. The molecule has 0 radical (unpaired) electrons. The summed E-state index contributed by atoms with van der Waals surface area (Å²) in [5.74, 6) is -1.70. The minimum atomic E-state index is -4.14. The Morgan fingerprint density at radius 2 is 1.89 bits per heavy atom. The maximum Gasteiger partial charge on any atom is 0.391 e. The van der Waals surface area contributed by atoms with E-state index in [0.717, 1.165) is 0 Å². The van der Waals surface area contributed by atoms with Crippen LogP contribution in [-0.4, -0.2) is 30.6 Å². The van der Waals surface area contributed by atoms with Crippen LogP contribution in [0.4, 0.5) is 13.2 Å². The van der Waals surface area contributed by atoms with Crippen molar-refractivity contribution in [1.29, 1.82) is 5.26 Å². The van der Waals surface area contributed by atoms with E-state index in [1.807, 2.05) is 6.07 Å². The molecule has 0 saturated heterocycles. The molecular weight excluding hydrogens is 245 g/mol. The number of nitriles is 1. The van der Waals surface area contributed by atoms with Crippen molar-refractivity contribution in [2.24, 2.45) is 11.8 Å². The van der Waals surface area contributed by atoms with Gasteiger partial charge in [0.15, 0.2) is 0 Å². The molecule has 6 heteroatoms. The molecule has 0 aromatic rings. The zero-order chi connectivity index (χ0) is 13.8. The lowest BCUT2D eigenvalue weighted by molar-refractivity contribution is -0.185. The fourth-order valence-corrected chi connectivity index (χ4v) is 2.31. The van der Waals surface area contributed by atoms with Gasteiger partial charge >= 0.3 is 6.18 Å². The maximum atomic E-state index is 12.5. The van der Waals surface area contributed by atoms with Crippen LogP contribution in [0.3, 0.4) is 0 Å². The Labute approximate surface area is 105 Å². The van der Waals surface area contributed by atoms with Crippen molar-refractivity contribution >= 4 is 5.91 Å². The van der Waals surface area contributed by atoms with Crippen molar-refractivity contribution in [2.75, 3.05) is 13.6 Å². The van der Waals surface area contributed by atoms with E-state index in [-0.39, 0.29) is 31.1 Å². The quantitative estimate of drug-likeness (QED) is 0.785. The van der Waals surface area contributed by atoms with Crippen LogP contribution < -0.4 is 0 Å². The van der Waals surface area contributed by atoms with E-state index >= 15 is 0 Å². The van der Waals surface area contributed by atoms with E-state index < -0.39 is 12.1 Å². The van der Waals surface area contributed by atoms with Gasteiger partial charge < -0.3 is 4.90 Å². The summed E-state index contributed by atoms with van der Waals surface area (Å²) in [6.45, 7) is 0.342. The van der Waals surface area contributed by atoms with Gasteiger partial charge in [0, 0.05) is 19.5 Å². The van der Waals surface area contributed by atoms with Gasteiger partial charge in [0.1, 0.15) is 0 Å². The summed E-state index contributed by atoms with van der Waals surface area (Å²) >= 11 is 0. The zero-order valence-corrected chi connectivity index (χ0v) is 10.3. The van der Waals surface area contributed by atoms with Crippen molar-refractivity contribution in [1.82, 2.24) is 4.90 Å². The Balaban J connectivity index is 2.43. The second kappa shape index (κ2) is 6.07. The minimum Gasteiger partial charge on any atom is -0.344 e. The molecule has 0 heterocycles. The summed E-state index contributed by atoms with van der Waals surface area (Å²) in [4.78, 5) is 13.3. The Hall–Kier alpha value is -1.25. The van der Waals surface area contributed by atoms with Crippen molar-refractivity contribution in [3.05, 3.63) is 0 Å². The highest BCUT2D eigenvalue weighted by atomic mass is 19.4. The van der Waals surface area contributed by atoms with Gasteiger partial charge in [0.2, 0.25) is 5.91 Å². The van der Waals surface area contributed by atoms with Gasteiger partial charge in [-0.3, -0.25) is 4.79 Å². The van der Waals surface area contributed by atoms with Crippen LogP contribution in [0.1, 0.15) is 32.1 Å². The third-order valence-corrected chi connectivity index (χ3v) is 3.47. The average molecular weight is 262 g/mol. The van der Waals surface area contributed by atoms with Gasteiger partial charge in [-0.15, -0.1) is 0 Å². The molecule has 0 bridgehead atoms. The summed E-state index contributed by atoms with van der Waals surface area (Å²) in [5.41, 5.74) is 0. The lowest BCUT2D eigenvalue weighted by Crippen LogP contribution is -2.37. The standard InChI is InChI=1S/C12H17F3N2O/c1-17(8-2-7-16)11(18)9-3-5-10(6-4-9)12(13,14)15/h9-10H,2-6,8H2,1H3. The molecule has 0 aromatic heterocycles. The van der Waals surface area contributed by atoms with Crippen LogP contribution in [0.15, 0.2) is 0 Å². The third kappa shape index (κ3) is 3.90. The number of rotatable bonds is 3. The molecule has 1 aliphatic carbocycles. The van der Waals surface area contributed by atoms with Crippen molar-refractivity contribution < 1.29 is 18.0 Å². The lowest BCUT2D eigenvalue weighted by atomic mass is 9.81. The second-order valence-electron chi connectivity index (χ2n) is 4.76. The first-order chi connectivity index (χ1) is 8.36. The van der Waals surface area contributed by atoms with Crippen LogP contribution in [-0.2, 0) is 4.79 Å². The number of halogens is 3. The molecular formula is C12H17F3N2O. The molecule has 0 unspecified atom stereocenters. The van der Waals surface area contributed by atoms with Gasteiger partial charge in [-0.05, 0) is 25.7 Å². The van der Waals surface area contributed by atoms with Crippen LogP contribution in [0.5, 0.6) is 0 Å². The van der Waals surface area contributed by atoms with Gasteiger partial charge in [-0.1, -0.05) is 0 Å². The van der Waals surface area contributed by atoms with E-state index in [9.17, 15) is 18.0 Å². The Morgan fingerprint density at radius 1 is 1.33 bits per heavy atom. The molecule has 0 spiro atoms. The highest BCUT2D eigenvalue weighted by molar-refractivity contribution is 5.78. The highest BCUT2D eigenvalue weighted by Gasteiger charge is 2.42. The van der Waals surface area contributed by atoms with Gasteiger partial charge in [-0.25, -0.2) is 0 Å². The molecule has 1 rings (SSSR count). The van der Waals surface area contributed by atoms with E-state index in [0.29, 0.717) is 19.4 Å². The predicted octanol–water partition coefficient (Wildman–Crippen LogP) is 2.73. The number of amides is 1. The van der Waals surface area contributed by atoms with Crippen LogP contribution in [0.2, 0.25) is 0 Å². The van der Waals surface area contributed by atoms with Crippen LogP contribution in [0, 0.1) is 23.2 Å². The van der Waals surface area contributed by atoms with Crippen molar-refractivity contribution in [3.63, 3.8) is 0 Å². The van der Waals surface area contributed by atoms with Crippen LogP contribution in [0.25, 0.3) is 0 Å². The summed E-state index contributed by atoms with van der Waals surface area (Å²) in [7, 11) is 1.59. The largest absolute Gasteiger partial charge is 0.391 e. The summed E-state index contributed by atoms with van der Waals surface area (Å²) < 4.78 is 37.4. The molecule has 1 amide bonds. The molecule has 0 aliphatic heterocycles. The molecule has 0 N–H and O–H groups in total. The molecule has 0 aromatic carbocycles.